The molecule has 0 aromatic heterocycles. The van der Waals surface area contributed by atoms with Crippen molar-refractivity contribution in [3.8, 4) is 6.07 Å². The maximum absolute atomic E-state index is 13.0. The zero-order valence-electron chi connectivity index (χ0n) is 11.7. The summed E-state index contributed by atoms with van der Waals surface area (Å²) in [7, 11) is -3.97. The largest absolute Gasteiger partial charge is 0.414 e. The van der Waals surface area contributed by atoms with Gasteiger partial charge in [-0.1, -0.05) is 13.3 Å². The van der Waals surface area contributed by atoms with Gasteiger partial charge in [-0.25, -0.2) is 0 Å². The van der Waals surface area contributed by atoms with Gasteiger partial charge in [-0.2, -0.15) is 18.4 Å². The number of alkyl halides is 3. The molecule has 0 radical (unpaired) electrons. The first-order valence-electron chi connectivity index (χ1n) is 6.32. The fourth-order valence-electron chi connectivity index (χ4n) is 1.77. The number of halogens is 3. The van der Waals surface area contributed by atoms with E-state index in [-0.39, 0.29) is 19.6 Å². The first-order valence-corrected chi connectivity index (χ1v) is 7.93. The van der Waals surface area contributed by atoms with Crippen molar-refractivity contribution in [2.45, 2.75) is 45.4 Å². The molecule has 0 rings (SSSR count). The van der Waals surface area contributed by atoms with Gasteiger partial charge in [0, 0.05) is 6.08 Å². The summed E-state index contributed by atoms with van der Waals surface area (Å²) in [5.74, 6) is 0. The van der Waals surface area contributed by atoms with Gasteiger partial charge in [-0.3, -0.25) is 4.57 Å². The second kappa shape index (κ2) is 8.46. The summed E-state index contributed by atoms with van der Waals surface area (Å²) >= 11 is 0. The first kappa shape index (κ1) is 19.2. The van der Waals surface area contributed by atoms with Crippen LogP contribution < -0.4 is 0 Å². The van der Waals surface area contributed by atoms with Crippen molar-refractivity contribution in [2.24, 2.45) is 0 Å². The zero-order chi connectivity index (χ0) is 15.8. The molecule has 0 aliphatic carbocycles. The van der Waals surface area contributed by atoms with Crippen LogP contribution in [0.1, 0.15) is 33.6 Å². The Morgan fingerprint density at radius 3 is 2.10 bits per heavy atom. The molecule has 4 nitrogen and oxygen atoms in total. The van der Waals surface area contributed by atoms with Crippen LogP contribution in [0.2, 0.25) is 0 Å². The van der Waals surface area contributed by atoms with Gasteiger partial charge >= 0.3 is 13.8 Å². The van der Waals surface area contributed by atoms with Gasteiger partial charge in [-0.15, -0.1) is 0 Å². The van der Waals surface area contributed by atoms with Crippen molar-refractivity contribution < 1.29 is 26.8 Å². The van der Waals surface area contributed by atoms with Gasteiger partial charge < -0.3 is 9.05 Å². The van der Waals surface area contributed by atoms with Gasteiger partial charge in [0.25, 0.3) is 0 Å². The van der Waals surface area contributed by atoms with E-state index in [1.54, 1.807) is 6.92 Å². The maximum Gasteiger partial charge on any atom is 0.414 e. The highest BCUT2D eigenvalue weighted by molar-refractivity contribution is 7.55. The molecular formula is C12H19F3NO3P. The number of nitriles is 1. The second-order valence-electron chi connectivity index (χ2n) is 3.91. The van der Waals surface area contributed by atoms with Crippen LogP contribution in [0.3, 0.4) is 0 Å². The molecule has 0 bridgehead atoms. The monoisotopic (exact) mass is 313 g/mol. The van der Waals surface area contributed by atoms with Gasteiger partial charge in [0.15, 0.2) is 0 Å². The minimum atomic E-state index is -4.75. The lowest BCUT2D eigenvalue weighted by Gasteiger charge is -2.28. The highest BCUT2D eigenvalue weighted by Gasteiger charge is 2.47. The van der Waals surface area contributed by atoms with Crippen molar-refractivity contribution >= 4 is 7.60 Å². The van der Waals surface area contributed by atoms with E-state index < -0.39 is 25.0 Å². The van der Waals surface area contributed by atoms with Crippen LogP contribution in [-0.2, 0) is 13.6 Å². The number of rotatable bonds is 8. The summed E-state index contributed by atoms with van der Waals surface area (Å²) in [4.78, 5) is 0. The van der Waals surface area contributed by atoms with Gasteiger partial charge in [0.1, 0.15) is 0 Å². The van der Waals surface area contributed by atoms with Crippen LogP contribution >= 0.6 is 7.60 Å². The summed E-state index contributed by atoms with van der Waals surface area (Å²) < 4.78 is 61.7. The van der Waals surface area contributed by atoms with Crippen LogP contribution in [0.5, 0.6) is 0 Å². The molecule has 116 valence electrons. The van der Waals surface area contributed by atoms with E-state index in [1.807, 2.05) is 0 Å². The number of nitrogens with zero attached hydrogens (tertiary/aromatic N) is 1. The Labute approximate surface area is 117 Å². The lowest BCUT2D eigenvalue weighted by Crippen LogP contribution is -2.26. The smallest absolute Gasteiger partial charge is 0.308 e. The van der Waals surface area contributed by atoms with Crippen LogP contribution in [0, 0.1) is 11.3 Å². The van der Waals surface area contributed by atoms with Crippen LogP contribution in [0.15, 0.2) is 11.6 Å². The molecule has 0 aliphatic heterocycles. The Morgan fingerprint density at radius 1 is 1.30 bits per heavy atom. The van der Waals surface area contributed by atoms with Crippen molar-refractivity contribution in [3.05, 3.63) is 11.6 Å². The predicted molar refractivity (Wildman–Crippen MR) is 69.3 cm³/mol. The lowest BCUT2D eigenvalue weighted by atomic mass is 10.1. The quantitative estimate of drug-likeness (QED) is 0.491. The summed E-state index contributed by atoms with van der Waals surface area (Å²) in [6, 6.07) is 1.36. The molecule has 0 aliphatic rings. The highest BCUT2D eigenvalue weighted by Crippen LogP contribution is 2.59. The van der Waals surface area contributed by atoms with Crippen LogP contribution in [-0.4, -0.2) is 25.0 Å². The zero-order valence-corrected chi connectivity index (χ0v) is 12.6. The summed E-state index contributed by atoms with van der Waals surface area (Å²) in [6.45, 7) is 4.64. The molecule has 1 atom stereocenters. The van der Waals surface area contributed by atoms with Crippen molar-refractivity contribution in [2.75, 3.05) is 13.2 Å². The molecular weight excluding hydrogens is 294 g/mol. The predicted octanol–water partition coefficient (Wildman–Crippen LogP) is 4.43. The normalized spacial score (nSPS) is 14.9. The molecule has 0 N–H and O–H groups in total. The average Bonchev–Trinajstić information content (AvgIpc) is 2.33. The number of hydrogen-bond acceptors (Lipinski definition) is 4. The molecule has 8 heteroatoms. The van der Waals surface area contributed by atoms with Gasteiger partial charge in [0.2, 0.25) is 0 Å². The van der Waals surface area contributed by atoms with Crippen molar-refractivity contribution in [1.82, 2.24) is 0 Å². The third kappa shape index (κ3) is 5.28. The van der Waals surface area contributed by atoms with E-state index in [1.165, 1.54) is 19.9 Å². The topological polar surface area (TPSA) is 59.3 Å². The fraction of sp³-hybridized carbons (Fsp3) is 0.750. The van der Waals surface area contributed by atoms with Crippen LogP contribution in [0.25, 0.3) is 0 Å². The molecule has 0 heterocycles. The van der Waals surface area contributed by atoms with E-state index in [9.17, 15) is 17.7 Å². The Morgan fingerprint density at radius 2 is 1.80 bits per heavy atom. The van der Waals surface area contributed by atoms with Crippen LogP contribution in [0.4, 0.5) is 13.2 Å². The second-order valence-corrected chi connectivity index (χ2v) is 6.13. The molecule has 1 unspecified atom stereocenters. The average molecular weight is 313 g/mol. The minimum Gasteiger partial charge on any atom is -0.308 e. The fourth-order valence-corrected chi connectivity index (χ4v) is 4.06. The third-order valence-electron chi connectivity index (χ3n) is 2.47. The first-order chi connectivity index (χ1) is 9.26. The SMILES string of the molecule is CCCC(/C(=C/C#N)C(F)(F)F)P(=O)(OCC)OCC. The van der Waals surface area contributed by atoms with E-state index in [4.69, 9.17) is 14.3 Å². The Hall–Kier alpha value is -0.830. The molecule has 0 saturated heterocycles. The van der Waals surface area contributed by atoms with Gasteiger partial charge in [-0.05, 0) is 20.3 Å². The highest BCUT2D eigenvalue weighted by atomic mass is 31.2. The van der Waals surface area contributed by atoms with Gasteiger partial charge in [0.05, 0.1) is 30.5 Å². The molecule has 0 aromatic carbocycles. The summed E-state index contributed by atoms with van der Waals surface area (Å²) in [5.41, 5.74) is -2.64. The van der Waals surface area contributed by atoms with Crippen molar-refractivity contribution in [1.29, 1.82) is 5.26 Å². The molecule has 20 heavy (non-hydrogen) atoms. The number of allylic oxidation sites excluding steroid dienone is 2. The third-order valence-corrected chi connectivity index (χ3v) is 5.00. The van der Waals surface area contributed by atoms with E-state index in [0.717, 1.165) is 0 Å². The van der Waals surface area contributed by atoms with E-state index in [2.05, 4.69) is 0 Å². The number of hydrogen-bond donors (Lipinski definition) is 0. The Kier molecular flexibility index (Phi) is 8.10. The molecule has 0 fully saturated rings. The maximum atomic E-state index is 13.0. The molecule has 0 amide bonds. The van der Waals surface area contributed by atoms with Crippen molar-refractivity contribution in [3.63, 3.8) is 0 Å². The summed E-state index contributed by atoms with van der Waals surface area (Å²) in [6.07, 6.45) is -4.05. The molecule has 0 spiro atoms. The minimum absolute atomic E-state index is 0.0326. The summed E-state index contributed by atoms with van der Waals surface area (Å²) in [5, 5.41) is 8.54. The Balaban J connectivity index is 5.76. The standard InChI is InChI=1S/C12H19F3NO3P/c1-4-7-11(10(8-9-16)12(13,14)15)20(17,18-5-2)19-6-3/h8,11H,4-7H2,1-3H3/b10-8-. The van der Waals surface area contributed by atoms with E-state index in [0.29, 0.717) is 12.5 Å². The molecule has 0 aromatic rings. The lowest BCUT2D eigenvalue weighted by molar-refractivity contribution is -0.0944. The Bertz CT molecular complexity index is 405. The van der Waals surface area contributed by atoms with E-state index >= 15 is 0 Å². The molecule has 0 saturated carbocycles.